The molecule has 5 aromatic rings. The average Bonchev–Trinajstić information content (AvgIpc) is 3.54. The number of carbonyl (C=O) groups is 1. The predicted octanol–water partition coefficient (Wildman–Crippen LogP) is 13.1. The molecule has 2 heterocycles. The number of aliphatic hydroxyl groups excluding tert-OH is 1. The molecule has 0 bridgehead atoms. The van der Waals surface area contributed by atoms with Crippen molar-refractivity contribution in [2.24, 2.45) is 17.8 Å². The van der Waals surface area contributed by atoms with Crippen molar-refractivity contribution in [2.75, 3.05) is 0 Å². The third-order valence-corrected chi connectivity index (χ3v) is 9.86. The van der Waals surface area contributed by atoms with Crippen molar-refractivity contribution in [3.8, 4) is 22.4 Å². The summed E-state index contributed by atoms with van der Waals surface area (Å²) in [6.45, 7) is 23.8. The molecule has 0 aliphatic rings. The fourth-order valence-electron chi connectivity index (χ4n) is 7.12. The molecule has 2 aromatic heterocycles. The Hall–Kier alpha value is -3.53. The summed E-state index contributed by atoms with van der Waals surface area (Å²) in [6, 6.07) is 23.3. The van der Waals surface area contributed by atoms with Gasteiger partial charge in [0.15, 0.2) is 11.4 Å². The molecule has 0 unspecified atom stereocenters. The van der Waals surface area contributed by atoms with E-state index in [-0.39, 0.29) is 48.9 Å². The Balaban J connectivity index is 0.000000374. The number of ketones is 1. The first-order valence-corrected chi connectivity index (χ1v) is 18.6. The second-order valence-corrected chi connectivity index (χ2v) is 15.3. The maximum Gasteiger partial charge on any atom is 0.162 e. The van der Waals surface area contributed by atoms with Crippen LogP contribution in [0.2, 0.25) is 0 Å². The zero-order chi connectivity index (χ0) is 36.7. The van der Waals surface area contributed by atoms with E-state index in [1.54, 1.807) is 6.26 Å². The van der Waals surface area contributed by atoms with E-state index >= 15 is 0 Å². The molecule has 275 valence electrons. The van der Waals surface area contributed by atoms with Crippen LogP contribution in [0.5, 0.6) is 0 Å². The van der Waals surface area contributed by atoms with Crippen molar-refractivity contribution in [2.45, 2.75) is 114 Å². The first-order valence-electron chi connectivity index (χ1n) is 18.6. The molecule has 51 heavy (non-hydrogen) atoms. The molecule has 0 saturated heterocycles. The van der Waals surface area contributed by atoms with Crippen LogP contribution in [0.15, 0.2) is 77.1 Å². The summed E-state index contributed by atoms with van der Waals surface area (Å²) in [5.74, 6) is 1.18. The smallest absolute Gasteiger partial charge is 0.162 e. The summed E-state index contributed by atoms with van der Waals surface area (Å²) in [5.41, 5.74) is 11.2. The molecule has 5 heteroatoms. The molecule has 3 aromatic carbocycles. The summed E-state index contributed by atoms with van der Waals surface area (Å²) in [5, 5.41) is 12.1. The SMILES string of the molecule is CCC(CC)C(=O)/C=C(\O)C(CC)CC.Cc1cc(CC(C)C)cc(C)c1-c1cc(-c2[c-]c3ccccc3c(C(C)(C)C)c2)nc2ccoc12.[Ir]. The number of furan rings is 1. The Morgan fingerprint density at radius 2 is 1.51 bits per heavy atom. The number of aryl methyl sites for hydroxylation is 2. The number of rotatable bonds is 11. The Morgan fingerprint density at radius 1 is 0.902 bits per heavy atom. The van der Waals surface area contributed by atoms with E-state index in [9.17, 15) is 9.90 Å². The van der Waals surface area contributed by atoms with Crippen molar-refractivity contribution in [1.82, 2.24) is 4.98 Å². The minimum atomic E-state index is 0. The molecular formula is C46H58IrNO3-. The van der Waals surface area contributed by atoms with E-state index in [0.29, 0.717) is 5.92 Å². The van der Waals surface area contributed by atoms with Crippen molar-refractivity contribution in [1.29, 1.82) is 0 Å². The van der Waals surface area contributed by atoms with Gasteiger partial charge in [0.25, 0.3) is 0 Å². The largest absolute Gasteiger partial charge is 0.512 e. The number of fused-ring (bicyclic) bond motifs is 2. The van der Waals surface area contributed by atoms with Crippen molar-refractivity contribution < 1.29 is 34.4 Å². The minimum absolute atomic E-state index is 0. The number of carbonyl (C=O) groups excluding carboxylic acids is 1. The van der Waals surface area contributed by atoms with Gasteiger partial charge in [0.2, 0.25) is 0 Å². The summed E-state index contributed by atoms with van der Waals surface area (Å²) in [6.07, 6.45) is 7.73. The van der Waals surface area contributed by atoms with Crippen LogP contribution < -0.4 is 0 Å². The molecule has 5 rings (SSSR count). The first-order chi connectivity index (χ1) is 23.7. The van der Waals surface area contributed by atoms with E-state index < -0.39 is 0 Å². The van der Waals surface area contributed by atoms with E-state index in [0.717, 1.165) is 65.4 Å². The van der Waals surface area contributed by atoms with Gasteiger partial charge in [-0.2, -0.15) is 0 Å². The molecule has 1 radical (unpaired) electrons. The Morgan fingerprint density at radius 3 is 2.08 bits per heavy atom. The Kier molecular flexibility index (Phi) is 15.0. The van der Waals surface area contributed by atoms with E-state index in [1.165, 1.54) is 39.3 Å². The third kappa shape index (κ3) is 10.1. The molecule has 0 fully saturated rings. The molecule has 0 spiro atoms. The molecule has 0 aliphatic carbocycles. The maximum atomic E-state index is 11.7. The molecule has 0 atom stereocenters. The molecule has 4 nitrogen and oxygen atoms in total. The van der Waals surface area contributed by atoms with Gasteiger partial charge in [-0.05, 0) is 79.5 Å². The van der Waals surface area contributed by atoms with Crippen molar-refractivity contribution in [3.05, 3.63) is 101 Å². The van der Waals surface area contributed by atoms with Gasteiger partial charge in [-0.15, -0.1) is 29.1 Å². The fraction of sp³-hybridized carbons (Fsp3) is 0.435. The second-order valence-electron chi connectivity index (χ2n) is 15.3. The van der Waals surface area contributed by atoms with E-state index in [1.807, 2.05) is 33.8 Å². The van der Waals surface area contributed by atoms with Crippen LogP contribution in [0.4, 0.5) is 0 Å². The topological polar surface area (TPSA) is 63.3 Å². The van der Waals surface area contributed by atoms with Crippen LogP contribution in [0.3, 0.4) is 0 Å². The molecule has 0 aliphatic heterocycles. The first kappa shape index (κ1) is 41.9. The van der Waals surface area contributed by atoms with Crippen LogP contribution in [0.1, 0.15) is 110 Å². The molecular weight excluding hydrogens is 807 g/mol. The number of pyridine rings is 1. The maximum absolute atomic E-state index is 11.7. The van der Waals surface area contributed by atoms with Gasteiger partial charge in [0.1, 0.15) is 5.52 Å². The van der Waals surface area contributed by atoms with Gasteiger partial charge in [-0.25, -0.2) is 0 Å². The number of nitrogens with zero attached hydrogens (tertiary/aromatic N) is 1. The Bertz CT molecular complexity index is 1930. The molecule has 0 saturated carbocycles. The van der Waals surface area contributed by atoms with Crippen LogP contribution in [-0.4, -0.2) is 15.9 Å². The Labute approximate surface area is 320 Å². The van der Waals surface area contributed by atoms with Crippen molar-refractivity contribution >= 4 is 27.7 Å². The number of hydrogen-bond donors (Lipinski definition) is 1. The van der Waals surface area contributed by atoms with Crippen LogP contribution >= 0.6 is 0 Å². The molecule has 0 amide bonds. The number of aliphatic hydroxyl groups is 1. The van der Waals surface area contributed by atoms with Gasteiger partial charge in [-0.3, -0.25) is 9.78 Å². The second kappa shape index (κ2) is 18.3. The van der Waals surface area contributed by atoms with Gasteiger partial charge >= 0.3 is 0 Å². The third-order valence-electron chi connectivity index (χ3n) is 9.86. The number of hydrogen-bond acceptors (Lipinski definition) is 4. The number of aromatic nitrogens is 1. The number of benzene rings is 3. The van der Waals surface area contributed by atoms with Gasteiger partial charge in [-0.1, -0.05) is 110 Å². The zero-order valence-corrected chi connectivity index (χ0v) is 35.1. The summed E-state index contributed by atoms with van der Waals surface area (Å²) in [7, 11) is 0. The predicted molar refractivity (Wildman–Crippen MR) is 212 cm³/mol. The van der Waals surface area contributed by atoms with Gasteiger partial charge in [0.05, 0.1) is 12.0 Å². The van der Waals surface area contributed by atoms with E-state index in [4.69, 9.17) is 9.40 Å². The zero-order valence-electron chi connectivity index (χ0n) is 32.7. The quantitative estimate of drug-likeness (QED) is 0.0816. The standard InChI is InChI=1S/C33H34NO.C13H24O2.Ir/c1-20(2)14-23-15-21(3)31(22(4)16-23)27-19-30(34-29-12-13-35-32(27)29)25-17-24-10-8-9-11-26(24)28(18-25)33(5,6)7;1-5-10(6-2)12(14)9-13(15)11(7-3)8-4;/h8-13,15-16,18-20H,14H2,1-7H3;9-11,14H,5-8H2,1-4H3;/q-1;;/b;12-9-;. The van der Waals surface area contributed by atoms with Crippen LogP contribution in [0.25, 0.3) is 44.3 Å². The van der Waals surface area contributed by atoms with E-state index in [2.05, 4.69) is 103 Å². The number of allylic oxidation sites excluding steroid dienone is 2. The normalized spacial score (nSPS) is 12.1. The van der Waals surface area contributed by atoms with Gasteiger partial charge < -0.3 is 9.52 Å². The summed E-state index contributed by atoms with van der Waals surface area (Å²) >= 11 is 0. The summed E-state index contributed by atoms with van der Waals surface area (Å²) in [4.78, 5) is 16.7. The van der Waals surface area contributed by atoms with Crippen molar-refractivity contribution in [3.63, 3.8) is 0 Å². The summed E-state index contributed by atoms with van der Waals surface area (Å²) < 4.78 is 5.97. The monoisotopic (exact) mass is 865 g/mol. The molecule has 1 N–H and O–H groups in total. The van der Waals surface area contributed by atoms with Gasteiger partial charge in [0, 0.05) is 55.3 Å². The van der Waals surface area contributed by atoms with Crippen LogP contribution in [0, 0.1) is 37.7 Å². The average molecular weight is 865 g/mol. The fourth-order valence-corrected chi connectivity index (χ4v) is 7.12. The minimum Gasteiger partial charge on any atom is -0.512 e. The van der Waals surface area contributed by atoms with Crippen LogP contribution in [-0.2, 0) is 36.7 Å².